The van der Waals surface area contributed by atoms with Crippen LogP contribution in [0.2, 0.25) is 0 Å². The van der Waals surface area contributed by atoms with E-state index in [2.05, 4.69) is 28.1 Å². The van der Waals surface area contributed by atoms with Crippen molar-refractivity contribution in [3.05, 3.63) is 0 Å². The van der Waals surface area contributed by atoms with Crippen molar-refractivity contribution >= 4 is 0 Å². The third-order valence-electron chi connectivity index (χ3n) is 9.18. The molecular formula is C39H82N+. The topological polar surface area (TPSA) is 0 Å². The summed E-state index contributed by atoms with van der Waals surface area (Å²) in [6.07, 6.45) is 50.3. The molecule has 0 rings (SSSR count). The lowest BCUT2D eigenvalue weighted by atomic mass is 10.0. The number of nitrogens with zero attached hydrogens (tertiary/aromatic N) is 1. The highest BCUT2D eigenvalue weighted by Gasteiger charge is 2.05. The number of unbranched alkanes of at least 4 members (excludes halogenated alkanes) is 33. The van der Waals surface area contributed by atoms with Gasteiger partial charge in [0.1, 0.15) is 0 Å². The number of hydrogen-bond acceptors (Lipinski definition) is 0. The summed E-state index contributed by atoms with van der Waals surface area (Å²) in [4.78, 5) is 0. The molecule has 1 heteroatoms. The van der Waals surface area contributed by atoms with Crippen LogP contribution in [-0.4, -0.2) is 32.2 Å². The van der Waals surface area contributed by atoms with Gasteiger partial charge in [-0.05, 0) is 12.8 Å². The maximum Gasteiger partial charge on any atom is 0.0780 e. The molecule has 0 saturated heterocycles. The number of quaternary nitrogens is 1. The van der Waals surface area contributed by atoms with Gasteiger partial charge < -0.3 is 4.48 Å². The van der Waals surface area contributed by atoms with Crippen molar-refractivity contribution in [3.63, 3.8) is 0 Å². The Morgan fingerprint density at radius 1 is 0.225 bits per heavy atom. The minimum atomic E-state index is 1.12. The Morgan fingerprint density at radius 2 is 0.375 bits per heavy atom. The molecule has 0 amide bonds. The molecule has 1 nitrogen and oxygen atoms in total. The van der Waals surface area contributed by atoms with Crippen molar-refractivity contribution in [2.75, 3.05) is 27.7 Å². The lowest BCUT2D eigenvalue weighted by Crippen LogP contribution is -2.35. The minimum Gasteiger partial charge on any atom is -0.331 e. The molecule has 0 atom stereocenters. The standard InChI is InChI=1S/C39H82N/c1-5-6-7-8-9-10-11-12-13-14-15-16-17-18-19-20-21-22-23-24-25-26-27-28-29-30-31-32-33-34-35-36-37-38-39-40(2,3)4/h5-39H2,1-4H3/q+1. The molecule has 0 fully saturated rings. The first-order valence-electron chi connectivity index (χ1n) is 19.4. The van der Waals surface area contributed by atoms with Crippen LogP contribution in [-0.2, 0) is 0 Å². The monoisotopic (exact) mass is 565 g/mol. The van der Waals surface area contributed by atoms with Crippen molar-refractivity contribution < 1.29 is 4.48 Å². The average molecular weight is 565 g/mol. The van der Waals surface area contributed by atoms with Crippen LogP contribution in [0, 0.1) is 0 Å². The van der Waals surface area contributed by atoms with Crippen LogP contribution in [0.1, 0.15) is 225 Å². The van der Waals surface area contributed by atoms with Crippen molar-refractivity contribution in [1.82, 2.24) is 0 Å². The van der Waals surface area contributed by atoms with Crippen LogP contribution in [0.3, 0.4) is 0 Å². The molecule has 0 bridgehead atoms. The van der Waals surface area contributed by atoms with Gasteiger partial charge >= 0.3 is 0 Å². The smallest absolute Gasteiger partial charge is 0.0780 e. The fourth-order valence-corrected chi connectivity index (χ4v) is 6.32. The van der Waals surface area contributed by atoms with E-state index in [0.29, 0.717) is 0 Å². The average Bonchev–Trinajstić information content (AvgIpc) is 2.92. The largest absolute Gasteiger partial charge is 0.331 e. The van der Waals surface area contributed by atoms with Gasteiger partial charge in [0, 0.05) is 0 Å². The van der Waals surface area contributed by atoms with Crippen molar-refractivity contribution in [1.29, 1.82) is 0 Å². The normalized spacial score (nSPS) is 12.0. The second-order valence-corrected chi connectivity index (χ2v) is 14.7. The lowest BCUT2D eigenvalue weighted by molar-refractivity contribution is -0.870. The van der Waals surface area contributed by atoms with Gasteiger partial charge in [0.15, 0.2) is 0 Å². The van der Waals surface area contributed by atoms with Crippen LogP contribution in [0.5, 0.6) is 0 Å². The fraction of sp³-hybridized carbons (Fsp3) is 1.00. The molecule has 0 saturated carbocycles. The third-order valence-corrected chi connectivity index (χ3v) is 9.18. The van der Waals surface area contributed by atoms with Crippen molar-refractivity contribution in [2.45, 2.75) is 225 Å². The van der Waals surface area contributed by atoms with Gasteiger partial charge in [-0.3, -0.25) is 0 Å². The number of hydrogen-bond donors (Lipinski definition) is 0. The molecule has 0 aliphatic carbocycles. The highest BCUT2D eigenvalue weighted by atomic mass is 15.3. The molecule has 0 heterocycles. The number of rotatable bonds is 35. The molecule has 0 spiro atoms. The van der Waals surface area contributed by atoms with E-state index in [-0.39, 0.29) is 0 Å². The van der Waals surface area contributed by atoms with Gasteiger partial charge in [0.2, 0.25) is 0 Å². The van der Waals surface area contributed by atoms with Crippen LogP contribution in [0.25, 0.3) is 0 Å². The first-order chi connectivity index (χ1) is 19.6. The van der Waals surface area contributed by atoms with Crippen molar-refractivity contribution in [3.8, 4) is 0 Å². The Balaban J connectivity index is 3.04. The van der Waals surface area contributed by atoms with E-state index in [0.717, 1.165) is 4.48 Å². The van der Waals surface area contributed by atoms with E-state index in [1.807, 2.05) is 0 Å². The van der Waals surface area contributed by atoms with E-state index in [4.69, 9.17) is 0 Å². The van der Waals surface area contributed by atoms with Gasteiger partial charge in [-0.2, -0.15) is 0 Å². The summed E-state index contributed by atoms with van der Waals surface area (Å²) in [6.45, 7) is 3.64. The first kappa shape index (κ1) is 40.0. The summed E-state index contributed by atoms with van der Waals surface area (Å²) in [7, 11) is 6.93. The first-order valence-corrected chi connectivity index (χ1v) is 19.4. The quantitative estimate of drug-likeness (QED) is 0.0530. The summed E-state index contributed by atoms with van der Waals surface area (Å²) in [5.41, 5.74) is 0. The van der Waals surface area contributed by atoms with Gasteiger partial charge in [0.25, 0.3) is 0 Å². The fourth-order valence-electron chi connectivity index (χ4n) is 6.32. The molecule has 0 aromatic carbocycles. The molecule has 0 N–H and O–H groups in total. The van der Waals surface area contributed by atoms with E-state index in [9.17, 15) is 0 Å². The third kappa shape index (κ3) is 38.0. The van der Waals surface area contributed by atoms with Gasteiger partial charge in [-0.25, -0.2) is 0 Å². The Bertz CT molecular complexity index is 437. The molecule has 0 unspecified atom stereocenters. The highest BCUT2D eigenvalue weighted by molar-refractivity contribution is 4.53. The van der Waals surface area contributed by atoms with Crippen molar-refractivity contribution in [2.24, 2.45) is 0 Å². The van der Waals surface area contributed by atoms with E-state index in [1.165, 1.54) is 225 Å². The Hall–Kier alpha value is -0.0400. The highest BCUT2D eigenvalue weighted by Crippen LogP contribution is 2.17. The second-order valence-electron chi connectivity index (χ2n) is 14.7. The SMILES string of the molecule is CCCCCCCCCCCCCCCCCCCCCCCCCCCCCCCCCCCC[N+](C)(C)C. The molecule has 242 valence electrons. The Morgan fingerprint density at radius 3 is 0.525 bits per heavy atom. The summed E-state index contributed by atoms with van der Waals surface area (Å²) in [6, 6.07) is 0. The lowest BCUT2D eigenvalue weighted by Gasteiger charge is -2.23. The van der Waals surface area contributed by atoms with E-state index >= 15 is 0 Å². The summed E-state index contributed by atoms with van der Waals surface area (Å²) < 4.78 is 1.12. The second kappa shape index (κ2) is 33.5. The predicted octanol–water partition coefficient (Wildman–Crippen LogP) is 14.0. The zero-order chi connectivity index (χ0) is 29.2. The minimum absolute atomic E-state index is 1.12. The van der Waals surface area contributed by atoms with Crippen LogP contribution < -0.4 is 0 Å². The Labute approximate surface area is 257 Å². The van der Waals surface area contributed by atoms with Gasteiger partial charge in [-0.1, -0.05) is 212 Å². The molecule has 0 aliphatic heterocycles. The maximum atomic E-state index is 2.31. The maximum absolute atomic E-state index is 2.31. The van der Waals surface area contributed by atoms with Gasteiger partial charge in [-0.15, -0.1) is 0 Å². The van der Waals surface area contributed by atoms with Crippen LogP contribution >= 0.6 is 0 Å². The zero-order valence-electron chi connectivity index (χ0n) is 29.2. The molecule has 0 aromatic rings. The van der Waals surface area contributed by atoms with E-state index < -0.39 is 0 Å². The molecule has 0 radical (unpaired) electrons. The summed E-state index contributed by atoms with van der Waals surface area (Å²) >= 11 is 0. The summed E-state index contributed by atoms with van der Waals surface area (Å²) in [5.74, 6) is 0. The molecular weight excluding hydrogens is 482 g/mol. The summed E-state index contributed by atoms with van der Waals surface area (Å²) in [5, 5.41) is 0. The molecule has 40 heavy (non-hydrogen) atoms. The zero-order valence-corrected chi connectivity index (χ0v) is 29.2. The van der Waals surface area contributed by atoms with Crippen LogP contribution in [0.4, 0.5) is 0 Å². The molecule has 0 aliphatic rings. The Kier molecular flexibility index (Phi) is 33.4. The van der Waals surface area contributed by atoms with Crippen LogP contribution in [0.15, 0.2) is 0 Å². The van der Waals surface area contributed by atoms with E-state index in [1.54, 1.807) is 0 Å². The van der Waals surface area contributed by atoms with Gasteiger partial charge in [0.05, 0.1) is 27.7 Å². The molecule has 0 aromatic heterocycles. The predicted molar refractivity (Wildman–Crippen MR) is 186 cm³/mol.